The zero-order valence-corrected chi connectivity index (χ0v) is 18.1. The molecule has 1 atom stereocenters. The van der Waals surface area contributed by atoms with Gasteiger partial charge < -0.3 is 23.7 Å². The molecule has 1 amide bonds. The normalized spacial score (nSPS) is 16.6. The van der Waals surface area contributed by atoms with Crippen LogP contribution in [0.3, 0.4) is 0 Å². The molecular formula is C24H25N5O3. The van der Waals surface area contributed by atoms with E-state index in [4.69, 9.17) is 4.42 Å². The number of aromatic nitrogens is 3. The third-order valence-corrected chi connectivity index (χ3v) is 6.01. The Hall–Kier alpha value is -3.81. The minimum atomic E-state index is 0.0982. The molecule has 0 unspecified atom stereocenters. The Morgan fingerprint density at radius 3 is 2.81 bits per heavy atom. The topological polar surface area (TPSA) is 87.1 Å². The molecule has 1 aromatic carbocycles. The van der Waals surface area contributed by atoms with E-state index in [0.29, 0.717) is 43.3 Å². The second-order valence-electron chi connectivity index (χ2n) is 8.18. The number of anilines is 1. The molecule has 5 rings (SSSR count). The molecule has 1 saturated heterocycles. The van der Waals surface area contributed by atoms with Crippen molar-refractivity contribution in [2.75, 3.05) is 24.5 Å². The van der Waals surface area contributed by atoms with Gasteiger partial charge in [-0.05, 0) is 31.2 Å². The zero-order chi connectivity index (χ0) is 22.2. The van der Waals surface area contributed by atoms with Gasteiger partial charge in [0.2, 0.25) is 5.91 Å². The van der Waals surface area contributed by atoms with Gasteiger partial charge in [-0.15, -0.1) is 0 Å². The second-order valence-corrected chi connectivity index (χ2v) is 8.18. The molecule has 4 aromatic rings. The molecule has 1 aliphatic heterocycles. The van der Waals surface area contributed by atoms with Crippen LogP contribution >= 0.6 is 0 Å². The van der Waals surface area contributed by atoms with Crippen molar-refractivity contribution >= 4 is 17.2 Å². The summed E-state index contributed by atoms with van der Waals surface area (Å²) in [4.78, 5) is 25.6. The summed E-state index contributed by atoms with van der Waals surface area (Å²) in [6.07, 6.45) is 5.64. The summed E-state index contributed by atoms with van der Waals surface area (Å²) in [6.45, 7) is 5.81. The molecule has 8 nitrogen and oxygen atoms in total. The monoisotopic (exact) mass is 431 g/mol. The average Bonchev–Trinajstić information content (AvgIpc) is 3.40. The molecule has 0 aliphatic carbocycles. The van der Waals surface area contributed by atoms with Crippen molar-refractivity contribution < 1.29 is 14.3 Å². The third-order valence-electron chi connectivity index (χ3n) is 6.01. The summed E-state index contributed by atoms with van der Waals surface area (Å²) >= 11 is 0. The lowest BCUT2D eigenvalue weighted by atomic mass is 10.1. The molecule has 0 bridgehead atoms. The van der Waals surface area contributed by atoms with E-state index in [1.165, 1.54) is 0 Å². The van der Waals surface area contributed by atoms with Crippen LogP contribution in [0.5, 0.6) is 5.75 Å². The summed E-state index contributed by atoms with van der Waals surface area (Å²) in [7, 11) is 0. The first-order valence-electron chi connectivity index (χ1n) is 10.7. The molecule has 164 valence electrons. The van der Waals surface area contributed by atoms with Crippen LogP contribution in [0.25, 0.3) is 17.0 Å². The quantitative estimate of drug-likeness (QED) is 0.534. The minimum absolute atomic E-state index is 0.0982. The number of rotatable bonds is 4. The predicted octanol–water partition coefficient (Wildman–Crippen LogP) is 3.28. The number of hydrogen-bond acceptors (Lipinski definition) is 6. The number of nitrogens with zero attached hydrogens (tertiary/aromatic N) is 5. The average molecular weight is 431 g/mol. The maximum atomic E-state index is 13.0. The second kappa shape index (κ2) is 8.03. The van der Waals surface area contributed by atoms with Gasteiger partial charge in [0, 0.05) is 56.7 Å². The van der Waals surface area contributed by atoms with Crippen LogP contribution in [0.15, 0.2) is 59.4 Å². The van der Waals surface area contributed by atoms with Gasteiger partial charge in [0.15, 0.2) is 11.7 Å². The van der Waals surface area contributed by atoms with E-state index in [9.17, 15) is 9.90 Å². The van der Waals surface area contributed by atoms with E-state index >= 15 is 0 Å². The van der Waals surface area contributed by atoms with Gasteiger partial charge in [-0.2, -0.15) is 0 Å². The standard InChI is InChI=1S/C24H25N5O3/c1-16-15-27(24(31)12-19-13-26-23-5-3-4-8-29(19)23)9-10-28(16)18-6-7-20(21(30)11-18)22-14-25-17(2)32-22/h3-8,11,13-14,16,30H,9-10,12,15H2,1-2H3/t16-/m0/s1. The lowest BCUT2D eigenvalue weighted by molar-refractivity contribution is -0.131. The number of pyridine rings is 1. The molecule has 4 heterocycles. The molecule has 1 aliphatic rings. The lowest BCUT2D eigenvalue weighted by Gasteiger charge is -2.41. The van der Waals surface area contributed by atoms with E-state index in [1.54, 1.807) is 25.4 Å². The molecular weight excluding hydrogens is 406 g/mol. The van der Waals surface area contributed by atoms with Crippen molar-refractivity contribution in [3.05, 3.63) is 66.6 Å². The van der Waals surface area contributed by atoms with Gasteiger partial charge in [-0.25, -0.2) is 9.97 Å². The molecule has 1 fully saturated rings. The summed E-state index contributed by atoms with van der Waals surface area (Å²) < 4.78 is 7.49. The fourth-order valence-corrected chi connectivity index (χ4v) is 4.34. The maximum absolute atomic E-state index is 13.0. The summed E-state index contributed by atoms with van der Waals surface area (Å²) in [6, 6.07) is 11.5. The SMILES string of the molecule is Cc1ncc(-c2ccc(N3CCN(C(=O)Cc4cnc5ccccn45)C[C@@H]3C)cc2O)o1. The van der Waals surface area contributed by atoms with Crippen LogP contribution in [0.2, 0.25) is 0 Å². The number of phenols is 1. The first-order chi connectivity index (χ1) is 15.5. The van der Waals surface area contributed by atoms with Crippen molar-refractivity contribution in [2.24, 2.45) is 0 Å². The Balaban J connectivity index is 1.27. The Morgan fingerprint density at radius 1 is 1.19 bits per heavy atom. The van der Waals surface area contributed by atoms with E-state index in [-0.39, 0.29) is 17.7 Å². The highest BCUT2D eigenvalue weighted by Crippen LogP contribution is 2.34. The number of amides is 1. The Bertz CT molecular complexity index is 1280. The highest BCUT2D eigenvalue weighted by atomic mass is 16.4. The molecule has 0 radical (unpaired) electrons. The van der Waals surface area contributed by atoms with Gasteiger partial charge in [0.1, 0.15) is 11.4 Å². The fourth-order valence-electron chi connectivity index (χ4n) is 4.34. The molecule has 8 heteroatoms. The van der Waals surface area contributed by atoms with E-state index in [0.717, 1.165) is 17.0 Å². The number of fused-ring (bicyclic) bond motifs is 1. The number of aryl methyl sites for hydroxylation is 1. The van der Waals surface area contributed by atoms with Crippen LogP contribution < -0.4 is 4.90 Å². The van der Waals surface area contributed by atoms with Crippen molar-refractivity contribution in [1.29, 1.82) is 0 Å². The van der Waals surface area contributed by atoms with Crippen LogP contribution in [0.4, 0.5) is 5.69 Å². The van der Waals surface area contributed by atoms with Crippen LogP contribution in [-0.4, -0.2) is 56.0 Å². The van der Waals surface area contributed by atoms with Gasteiger partial charge in [-0.1, -0.05) is 6.07 Å². The highest BCUT2D eigenvalue weighted by molar-refractivity contribution is 5.79. The fraction of sp³-hybridized carbons (Fsp3) is 0.292. The van der Waals surface area contributed by atoms with E-state index in [1.807, 2.05) is 45.8 Å². The number of piperazine rings is 1. The summed E-state index contributed by atoms with van der Waals surface area (Å²) in [5.41, 5.74) is 3.27. The molecule has 0 spiro atoms. The molecule has 32 heavy (non-hydrogen) atoms. The molecule has 3 aromatic heterocycles. The van der Waals surface area contributed by atoms with E-state index < -0.39 is 0 Å². The zero-order valence-electron chi connectivity index (χ0n) is 18.1. The number of aromatic hydroxyl groups is 1. The van der Waals surface area contributed by atoms with Crippen molar-refractivity contribution in [1.82, 2.24) is 19.3 Å². The van der Waals surface area contributed by atoms with Crippen molar-refractivity contribution in [3.63, 3.8) is 0 Å². The highest BCUT2D eigenvalue weighted by Gasteiger charge is 2.28. The van der Waals surface area contributed by atoms with Crippen molar-refractivity contribution in [2.45, 2.75) is 26.3 Å². The maximum Gasteiger partial charge on any atom is 0.228 e. The summed E-state index contributed by atoms with van der Waals surface area (Å²) in [5, 5.41) is 10.6. The van der Waals surface area contributed by atoms with Crippen LogP contribution in [0, 0.1) is 6.92 Å². The number of imidazole rings is 1. The molecule has 0 saturated carbocycles. The number of carbonyl (C=O) groups is 1. The van der Waals surface area contributed by atoms with Crippen LogP contribution in [0.1, 0.15) is 18.5 Å². The first kappa shape index (κ1) is 20.1. The van der Waals surface area contributed by atoms with Crippen molar-refractivity contribution in [3.8, 4) is 17.1 Å². The molecule has 1 N–H and O–H groups in total. The minimum Gasteiger partial charge on any atom is -0.507 e. The number of phenolic OH excluding ortho intramolecular Hbond substituents is 1. The van der Waals surface area contributed by atoms with E-state index in [2.05, 4.69) is 21.8 Å². The Morgan fingerprint density at radius 2 is 2.06 bits per heavy atom. The third kappa shape index (κ3) is 3.68. The largest absolute Gasteiger partial charge is 0.507 e. The van der Waals surface area contributed by atoms with Crippen LogP contribution in [-0.2, 0) is 11.2 Å². The van der Waals surface area contributed by atoms with Gasteiger partial charge >= 0.3 is 0 Å². The van der Waals surface area contributed by atoms with Gasteiger partial charge in [-0.3, -0.25) is 4.79 Å². The number of benzene rings is 1. The Kier molecular flexibility index (Phi) is 5.05. The smallest absolute Gasteiger partial charge is 0.228 e. The van der Waals surface area contributed by atoms with Gasteiger partial charge in [0.05, 0.1) is 23.9 Å². The number of hydrogen-bond donors (Lipinski definition) is 1. The first-order valence-corrected chi connectivity index (χ1v) is 10.7. The summed E-state index contributed by atoms with van der Waals surface area (Å²) in [5.74, 6) is 1.35. The number of carbonyl (C=O) groups excluding carboxylic acids is 1. The van der Waals surface area contributed by atoms with Gasteiger partial charge in [0.25, 0.3) is 0 Å². The predicted molar refractivity (Wildman–Crippen MR) is 121 cm³/mol. The lowest BCUT2D eigenvalue weighted by Crippen LogP contribution is -2.54. The number of oxazole rings is 1. The Labute approximate surface area is 185 Å².